The molecule has 0 saturated carbocycles. The largest absolute Gasteiger partial charge is 0.399 e. The first-order valence-electron chi connectivity index (χ1n) is 7.16. The molecule has 0 atom stereocenters. The van der Waals surface area contributed by atoms with Gasteiger partial charge in [0.25, 0.3) is 0 Å². The molecule has 2 aromatic rings. The smallest absolute Gasteiger partial charge is 0.170 e. The SMILES string of the molecule is CCCn1nnnc1CN1CCCc2cc(N)ccc21. The molecule has 106 valence electrons. The van der Waals surface area contributed by atoms with Crippen LogP contribution in [0.4, 0.5) is 11.4 Å². The molecule has 2 heterocycles. The van der Waals surface area contributed by atoms with Crippen molar-refractivity contribution in [1.82, 2.24) is 20.2 Å². The van der Waals surface area contributed by atoms with E-state index in [1.165, 1.54) is 11.3 Å². The summed E-state index contributed by atoms with van der Waals surface area (Å²) >= 11 is 0. The van der Waals surface area contributed by atoms with Crippen LogP contribution in [0.2, 0.25) is 0 Å². The van der Waals surface area contributed by atoms with Crippen LogP contribution in [0.1, 0.15) is 31.2 Å². The third-order valence-corrected chi connectivity index (χ3v) is 3.69. The van der Waals surface area contributed by atoms with Crippen molar-refractivity contribution >= 4 is 11.4 Å². The second kappa shape index (κ2) is 5.48. The number of fused-ring (bicyclic) bond motifs is 1. The van der Waals surface area contributed by atoms with E-state index in [9.17, 15) is 0 Å². The monoisotopic (exact) mass is 272 g/mol. The lowest BCUT2D eigenvalue weighted by Crippen LogP contribution is -2.30. The summed E-state index contributed by atoms with van der Waals surface area (Å²) in [6.07, 6.45) is 3.27. The Morgan fingerprint density at radius 1 is 1.35 bits per heavy atom. The summed E-state index contributed by atoms with van der Waals surface area (Å²) in [7, 11) is 0. The molecule has 0 amide bonds. The first kappa shape index (κ1) is 12.9. The van der Waals surface area contributed by atoms with Crippen LogP contribution in [0, 0.1) is 0 Å². The van der Waals surface area contributed by atoms with Gasteiger partial charge >= 0.3 is 0 Å². The lowest BCUT2D eigenvalue weighted by molar-refractivity contribution is 0.545. The van der Waals surface area contributed by atoms with E-state index in [1.54, 1.807) is 0 Å². The van der Waals surface area contributed by atoms with Gasteiger partial charge in [0, 0.05) is 24.5 Å². The van der Waals surface area contributed by atoms with Crippen LogP contribution in [0.25, 0.3) is 0 Å². The number of anilines is 2. The van der Waals surface area contributed by atoms with Crippen molar-refractivity contribution in [2.45, 2.75) is 39.3 Å². The fraction of sp³-hybridized carbons (Fsp3) is 0.500. The molecule has 1 aliphatic heterocycles. The standard InChI is InChI=1S/C14H20N6/c1-2-7-20-14(16-17-18-20)10-19-8-3-4-11-9-12(15)5-6-13(11)19/h5-6,9H,2-4,7-8,10,15H2,1H3. The van der Waals surface area contributed by atoms with E-state index in [0.717, 1.165) is 50.4 Å². The number of rotatable bonds is 4. The summed E-state index contributed by atoms with van der Waals surface area (Å²) in [5.74, 6) is 0.927. The summed E-state index contributed by atoms with van der Waals surface area (Å²) in [6.45, 7) is 4.79. The lowest BCUT2D eigenvalue weighted by atomic mass is 10.0. The predicted octanol–water partition coefficient (Wildman–Crippen LogP) is 1.62. The van der Waals surface area contributed by atoms with E-state index in [1.807, 2.05) is 10.7 Å². The Morgan fingerprint density at radius 2 is 2.25 bits per heavy atom. The molecule has 0 fully saturated rings. The molecule has 6 nitrogen and oxygen atoms in total. The average Bonchev–Trinajstić information content (AvgIpc) is 2.86. The molecule has 0 aliphatic carbocycles. The van der Waals surface area contributed by atoms with Gasteiger partial charge < -0.3 is 10.6 Å². The van der Waals surface area contributed by atoms with E-state index in [4.69, 9.17) is 5.73 Å². The van der Waals surface area contributed by atoms with Crippen LogP contribution < -0.4 is 10.6 Å². The fourth-order valence-electron chi connectivity index (χ4n) is 2.75. The summed E-state index contributed by atoms with van der Waals surface area (Å²) < 4.78 is 1.89. The highest BCUT2D eigenvalue weighted by molar-refractivity contribution is 5.61. The third-order valence-electron chi connectivity index (χ3n) is 3.69. The fourth-order valence-corrected chi connectivity index (χ4v) is 2.75. The maximum absolute atomic E-state index is 5.87. The molecular weight excluding hydrogens is 252 g/mol. The van der Waals surface area contributed by atoms with Gasteiger partial charge in [-0.25, -0.2) is 4.68 Å². The number of nitrogens with two attached hydrogens (primary N) is 1. The molecular formula is C14H20N6. The molecule has 2 N–H and O–H groups in total. The molecule has 0 unspecified atom stereocenters. The number of aryl methyl sites for hydroxylation is 2. The molecule has 20 heavy (non-hydrogen) atoms. The number of benzene rings is 1. The van der Waals surface area contributed by atoms with Crippen LogP contribution in [-0.4, -0.2) is 26.8 Å². The Kier molecular flexibility index (Phi) is 3.54. The van der Waals surface area contributed by atoms with Crippen LogP contribution in [-0.2, 0) is 19.5 Å². The zero-order chi connectivity index (χ0) is 13.9. The molecule has 3 rings (SSSR count). The van der Waals surface area contributed by atoms with Crippen molar-refractivity contribution < 1.29 is 0 Å². The highest BCUT2D eigenvalue weighted by atomic mass is 15.5. The topological polar surface area (TPSA) is 72.9 Å². The van der Waals surface area contributed by atoms with Gasteiger partial charge in [-0.3, -0.25) is 0 Å². The molecule has 1 aromatic carbocycles. The third kappa shape index (κ3) is 2.45. The molecule has 0 saturated heterocycles. The quantitative estimate of drug-likeness (QED) is 0.856. The first-order chi connectivity index (χ1) is 9.78. The lowest BCUT2D eigenvalue weighted by Gasteiger charge is -2.31. The highest BCUT2D eigenvalue weighted by Crippen LogP contribution is 2.29. The highest BCUT2D eigenvalue weighted by Gasteiger charge is 2.19. The molecule has 1 aliphatic rings. The van der Waals surface area contributed by atoms with Crippen molar-refractivity contribution in [3.63, 3.8) is 0 Å². The minimum Gasteiger partial charge on any atom is -0.399 e. The number of tetrazole rings is 1. The van der Waals surface area contributed by atoms with Gasteiger partial charge in [0.2, 0.25) is 0 Å². The van der Waals surface area contributed by atoms with Crippen molar-refractivity contribution in [2.24, 2.45) is 0 Å². The van der Waals surface area contributed by atoms with Gasteiger partial charge in [-0.15, -0.1) is 5.10 Å². The summed E-state index contributed by atoms with van der Waals surface area (Å²) in [5.41, 5.74) is 9.29. The zero-order valence-electron chi connectivity index (χ0n) is 11.8. The van der Waals surface area contributed by atoms with Crippen molar-refractivity contribution in [3.8, 4) is 0 Å². The number of hydrogen-bond acceptors (Lipinski definition) is 5. The van der Waals surface area contributed by atoms with Crippen LogP contribution in [0.15, 0.2) is 18.2 Å². The van der Waals surface area contributed by atoms with E-state index in [-0.39, 0.29) is 0 Å². The van der Waals surface area contributed by atoms with E-state index < -0.39 is 0 Å². The minimum absolute atomic E-state index is 0.754. The number of hydrogen-bond donors (Lipinski definition) is 1. The molecule has 0 spiro atoms. The first-order valence-corrected chi connectivity index (χ1v) is 7.16. The van der Waals surface area contributed by atoms with Gasteiger partial charge in [-0.2, -0.15) is 0 Å². The molecule has 1 aromatic heterocycles. The van der Waals surface area contributed by atoms with Gasteiger partial charge in [0.15, 0.2) is 5.82 Å². The second-order valence-corrected chi connectivity index (χ2v) is 5.23. The van der Waals surface area contributed by atoms with Crippen molar-refractivity contribution in [3.05, 3.63) is 29.6 Å². The summed E-state index contributed by atoms with van der Waals surface area (Å²) in [6, 6.07) is 6.15. The van der Waals surface area contributed by atoms with Crippen LogP contribution in [0.5, 0.6) is 0 Å². The van der Waals surface area contributed by atoms with E-state index in [2.05, 4.69) is 39.5 Å². The zero-order valence-corrected chi connectivity index (χ0v) is 11.8. The summed E-state index contributed by atoms with van der Waals surface area (Å²) in [5, 5.41) is 12.0. The van der Waals surface area contributed by atoms with Crippen LogP contribution >= 0.6 is 0 Å². The Morgan fingerprint density at radius 3 is 3.10 bits per heavy atom. The number of nitrogen functional groups attached to an aromatic ring is 1. The van der Waals surface area contributed by atoms with Crippen molar-refractivity contribution in [1.29, 1.82) is 0 Å². The van der Waals surface area contributed by atoms with Gasteiger partial charge in [-0.05, 0) is 53.5 Å². The summed E-state index contributed by atoms with van der Waals surface area (Å²) in [4.78, 5) is 2.34. The predicted molar refractivity (Wildman–Crippen MR) is 78.3 cm³/mol. The Balaban J connectivity index is 1.84. The van der Waals surface area contributed by atoms with Crippen molar-refractivity contribution in [2.75, 3.05) is 17.2 Å². The molecule has 6 heteroatoms. The normalized spacial score (nSPS) is 14.3. The van der Waals surface area contributed by atoms with Gasteiger partial charge in [-0.1, -0.05) is 6.92 Å². The molecule has 0 radical (unpaired) electrons. The Labute approximate surface area is 118 Å². The number of nitrogens with zero attached hydrogens (tertiary/aromatic N) is 5. The van der Waals surface area contributed by atoms with Gasteiger partial charge in [0.1, 0.15) is 0 Å². The van der Waals surface area contributed by atoms with Crippen LogP contribution in [0.3, 0.4) is 0 Å². The second-order valence-electron chi connectivity index (χ2n) is 5.23. The Bertz CT molecular complexity index is 591. The van der Waals surface area contributed by atoms with Gasteiger partial charge in [0.05, 0.1) is 6.54 Å². The Hall–Kier alpha value is -2.11. The minimum atomic E-state index is 0.754. The maximum atomic E-state index is 5.87. The number of aromatic nitrogens is 4. The average molecular weight is 272 g/mol. The van der Waals surface area contributed by atoms with E-state index >= 15 is 0 Å². The van der Waals surface area contributed by atoms with E-state index in [0.29, 0.717) is 0 Å². The maximum Gasteiger partial charge on any atom is 0.170 e. The molecule has 0 bridgehead atoms.